The number of aliphatic hydroxyl groups is 1. The van der Waals surface area contributed by atoms with Gasteiger partial charge < -0.3 is 9.84 Å². The second-order valence-electron chi connectivity index (χ2n) is 4.97. The van der Waals surface area contributed by atoms with Gasteiger partial charge in [0, 0.05) is 6.61 Å². The van der Waals surface area contributed by atoms with Crippen LogP contribution in [0.1, 0.15) is 12.0 Å². The number of aliphatic hydroxyl groups excluding tert-OH is 1. The monoisotopic (exact) mass is 342 g/mol. The minimum atomic E-state index is -3.42. The maximum absolute atomic E-state index is 14.0. The van der Waals surface area contributed by atoms with Gasteiger partial charge in [-0.25, -0.2) is 17.2 Å². The molecule has 0 aliphatic rings. The van der Waals surface area contributed by atoms with E-state index in [0.717, 1.165) is 6.07 Å². The Morgan fingerprint density at radius 3 is 2.35 bits per heavy atom. The third-order valence-corrected chi connectivity index (χ3v) is 4.74. The first-order valence-corrected chi connectivity index (χ1v) is 8.75. The zero-order valence-electron chi connectivity index (χ0n) is 12.2. The Morgan fingerprint density at radius 1 is 1.00 bits per heavy atom. The number of sulfone groups is 1. The van der Waals surface area contributed by atoms with Crippen LogP contribution in [0.2, 0.25) is 0 Å². The van der Waals surface area contributed by atoms with E-state index in [1.807, 2.05) is 0 Å². The number of benzene rings is 2. The van der Waals surface area contributed by atoms with Gasteiger partial charge >= 0.3 is 0 Å². The quantitative estimate of drug-likeness (QED) is 0.840. The van der Waals surface area contributed by atoms with Crippen molar-refractivity contribution in [2.75, 3.05) is 12.4 Å². The van der Waals surface area contributed by atoms with Gasteiger partial charge in [0.25, 0.3) is 0 Å². The number of para-hydroxylation sites is 1. The van der Waals surface area contributed by atoms with Crippen molar-refractivity contribution in [1.29, 1.82) is 0 Å². The highest BCUT2D eigenvalue weighted by Gasteiger charge is 2.14. The molecule has 0 amide bonds. The van der Waals surface area contributed by atoms with Crippen LogP contribution in [0.3, 0.4) is 0 Å². The molecule has 2 rings (SSSR count). The zero-order chi connectivity index (χ0) is 16.9. The Balaban J connectivity index is 2.14. The zero-order valence-corrected chi connectivity index (χ0v) is 13.0. The van der Waals surface area contributed by atoms with Crippen LogP contribution < -0.4 is 4.74 Å². The van der Waals surface area contributed by atoms with Crippen LogP contribution in [0.25, 0.3) is 0 Å². The molecule has 0 atom stereocenters. The van der Waals surface area contributed by atoms with E-state index in [4.69, 9.17) is 9.84 Å². The van der Waals surface area contributed by atoms with Crippen molar-refractivity contribution >= 4 is 9.84 Å². The molecule has 0 aliphatic carbocycles. The molecular formula is C16H16F2O4S. The standard InChI is InChI=1S/C16H16F2O4S/c17-13-4-1-2-5-15(13)22-16-7-6-12(10-14(16)18)11-23(20,21)9-3-8-19/h1-2,4-7,10,19H,3,8-9,11H2. The molecule has 0 radical (unpaired) electrons. The highest BCUT2D eigenvalue weighted by Crippen LogP contribution is 2.27. The van der Waals surface area contributed by atoms with Crippen molar-refractivity contribution in [3.8, 4) is 11.5 Å². The highest BCUT2D eigenvalue weighted by atomic mass is 32.2. The van der Waals surface area contributed by atoms with E-state index < -0.39 is 21.5 Å². The van der Waals surface area contributed by atoms with Crippen LogP contribution in [0, 0.1) is 11.6 Å². The number of halogens is 2. The topological polar surface area (TPSA) is 63.6 Å². The average Bonchev–Trinajstić information content (AvgIpc) is 2.50. The number of rotatable bonds is 7. The molecular weight excluding hydrogens is 326 g/mol. The Hall–Kier alpha value is -1.99. The average molecular weight is 342 g/mol. The molecule has 124 valence electrons. The second-order valence-corrected chi connectivity index (χ2v) is 7.15. The molecule has 0 bridgehead atoms. The SMILES string of the molecule is O=S(=O)(CCCO)Cc1ccc(Oc2ccccc2F)c(F)c1. The summed E-state index contributed by atoms with van der Waals surface area (Å²) in [4.78, 5) is 0. The first kappa shape index (κ1) is 17.4. The maximum Gasteiger partial charge on any atom is 0.166 e. The predicted molar refractivity (Wildman–Crippen MR) is 82.1 cm³/mol. The van der Waals surface area contributed by atoms with E-state index in [-0.39, 0.29) is 41.6 Å². The third kappa shape index (κ3) is 5.01. The summed E-state index contributed by atoms with van der Waals surface area (Å²) in [5.41, 5.74) is 0.265. The van der Waals surface area contributed by atoms with Crippen molar-refractivity contribution in [2.45, 2.75) is 12.2 Å². The molecule has 0 saturated carbocycles. The first-order valence-electron chi connectivity index (χ1n) is 6.93. The van der Waals surface area contributed by atoms with Crippen molar-refractivity contribution in [3.05, 3.63) is 59.7 Å². The van der Waals surface area contributed by atoms with E-state index in [2.05, 4.69) is 0 Å². The van der Waals surface area contributed by atoms with Crippen LogP contribution in [0.4, 0.5) is 8.78 Å². The summed E-state index contributed by atoms with van der Waals surface area (Å²) in [6.07, 6.45) is 0.138. The predicted octanol–water partition coefficient (Wildman–Crippen LogP) is 3.05. The fourth-order valence-corrected chi connectivity index (χ4v) is 3.37. The summed E-state index contributed by atoms with van der Waals surface area (Å²) in [7, 11) is -3.42. The Labute approximate surface area is 133 Å². The molecule has 4 nitrogen and oxygen atoms in total. The van der Waals surface area contributed by atoms with Crippen LogP contribution in [0.15, 0.2) is 42.5 Å². The molecule has 0 aromatic heterocycles. The van der Waals surface area contributed by atoms with Gasteiger partial charge in [0.2, 0.25) is 0 Å². The van der Waals surface area contributed by atoms with Crippen molar-refractivity contribution in [2.24, 2.45) is 0 Å². The third-order valence-electron chi connectivity index (χ3n) is 3.05. The Kier molecular flexibility index (Phi) is 5.68. The van der Waals surface area contributed by atoms with Crippen LogP contribution in [-0.2, 0) is 15.6 Å². The lowest BCUT2D eigenvalue weighted by Crippen LogP contribution is -2.10. The smallest absolute Gasteiger partial charge is 0.166 e. The van der Waals surface area contributed by atoms with E-state index in [1.54, 1.807) is 6.07 Å². The van der Waals surface area contributed by atoms with Gasteiger partial charge in [-0.3, -0.25) is 0 Å². The molecule has 0 spiro atoms. The van der Waals surface area contributed by atoms with Gasteiger partial charge in [0.15, 0.2) is 33.0 Å². The summed E-state index contributed by atoms with van der Waals surface area (Å²) in [6, 6.07) is 9.32. The molecule has 7 heteroatoms. The van der Waals surface area contributed by atoms with E-state index in [9.17, 15) is 17.2 Å². The molecule has 1 N–H and O–H groups in total. The first-order chi connectivity index (χ1) is 10.9. The van der Waals surface area contributed by atoms with Gasteiger partial charge in [-0.2, -0.15) is 0 Å². The lowest BCUT2D eigenvalue weighted by molar-refractivity contribution is 0.295. The number of hydrogen-bond donors (Lipinski definition) is 1. The largest absolute Gasteiger partial charge is 0.451 e. The van der Waals surface area contributed by atoms with Crippen molar-refractivity contribution in [1.82, 2.24) is 0 Å². The van der Waals surface area contributed by atoms with Crippen LogP contribution in [0.5, 0.6) is 11.5 Å². The second kappa shape index (κ2) is 7.52. The minimum Gasteiger partial charge on any atom is -0.451 e. The molecule has 2 aromatic carbocycles. The van der Waals surface area contributed by atoms with Crippen LogP contribution >= 0.6 is 0 Å². The van der Waals surface area contributed by atoms with Gasteiger partial charge in [-0.15, -0.1) is 0 Å². The fourth-order valence-electron chi connectivity index (χ4n) is 1.97. The van der Waals surface area contributed by atoms with Gasteiger partial charge in [0.05, 0.1) is 11.5 Å². The summed E-state index contributed by atoms with van der Waals surface area (Å²) in [5.74, 6) is -2.20. The number of ether oxygens (including phenoxy) is 1. The fraction of sp³-hybridized carbons (Fsp3) is 0.250. The molecule has 0 aliphatic heterocycles. The van der Waals surface area contributed by atoms with Crippen LogP contribution in [-0.4, -0.2) is 25.9 Å². The van der Waals surface area contributed by atoms with Gasteiger partial charge in [0.1, 0.15) is 0 Å². The van der Waals surface area contributed by atoms with Gasteiger partial charge in [-0.1, -0.05) is 18.2 Å². The molecule has 2 aromatic rings. The summed E-state index contributed by atoms with van der Waals surface area (Å²) < 4.78 is 56.2. The Bertz CT molecular complexity index is 775. The minimum absolute atomic E-state index is 0.116. The summed E-state index contributed by atoms with van der Waals surface area (Å²) >= 11 is 0. The van der Waals surface area contributed by atoms with Crippen molar-refractivity contribution < 1.29 is 27.0 Å². The molecule has 0 heterocycles. The highest BCUT2D eigenvalue weighted by molar-refractivity contribution is 7.90. The molecule has 23 heavy (non-hydrogen) atoms. The molecule has 0 fully saturated rings. The molecule has 0 unspecified atom stereocenters. The van der Waals surface area contributed by atoms with E-state index >= 15 is 0 Å². The lowest BCUT2D eigenvalue weighted by Gasteiger charge is -2.09. The van der Waals surface area contributed by atoms with Crippen molar-refractivity contribution in [3.63, 3.8) is 0 Å². The summed E-state index contributed by atoms with van der Waals surface area (Å²) in [6.45, 7) is -0.219. The Morgan fingerprint density at radius 2 is 1.70 bits per heavy atom. The number of hydrogen-bond acceptors (Lipinski definition) is 4. The lowest BCUT2D eigenvalue weighted by atomic mass is 10.2. The maximum atomic E-state index is 14.0. The molecule has 0 saturated heterocycles. The van der Waals surface area contributed by atoms with Gasteiger partial charge in [-0.05, 0) is 36.2 Å². The van der Waals surface area contributed by atoms with E-state index in [0.29, 0.717) is 0 Å². The normalized spacial score (nSPS) is 11.4. The summed E-state index contributed by atoms with van der Waals surface area (Å²) in [5, 5.41) is 8.67. The van der Waals surface area contributed by atoms with E-state index in [1.165, 1.54) is 30.3 Å².